The quantitative estimate of drug-likeness (QED) is 0.812. The van der Waals surface area contributed by atoms with Crippen LogP contribution in [0.15, 0.2) is 30.3 Å². The van der Waals surface area contributed by atoms with E-state index in [1.54, 1.807) is 0 Å². The minimum absolute atomic E-state index is 0.0324. The first-order valence-corrected chi connectivity index (χ1v) is 10.5. The van der Waals surface area contributed by atoms with E-state index in [9.17, 15) is 13.2 Å². The molecule has 0 unspecified atom stereocenters. The van der Waals surface area contributed by atoms with Crippen molar-refractivity contribution in [3.63, 3.8) is 0 Å². The molecule has 0 saturated heterocycles. The fourth-order valence-corrected chi connectivity index (χ4v) is 3.86. The van der Waals surface area contributed by atoms with Crippen LogP contribution < -0.4 is 5.32 Å². The third-order valence-electron chi connectivity index (χ3n) is 4.50. The minimum atomic E-state index is -3.08. The lowest BCUT2D eigenvalue weighted by Crippen LogP contribution is -2.38. The molecule has 0 radical (unpaired) electrons. The lowest BCUT2D eigenvalue weighted by atomic mass is 9.95. The van der Waals surface area contributed by atoms with E-state index in [4.69, 9.17) is 0 Å². The number of hydrogen-bond donors (Lipinski definition) is 1. The number of nitrogens with one attached hydrogen (secondary N) is 1. The van der Waals surface area contributed by atoms with E-state index in [-0.39, 0.29) is 17.7 Å². The van der Waals surface area contributed by atoms with Gasteiger partial charge in [-0.05, 0) is 24.8 Å². The molecule has 0 spiro atoms. The molecule has 4 nitrogen and oxygen atoms in total. The van der Waals surface area contributed by atoms with E-state index < -0.39 is 15.8 Å². The van der Waals surface area contributed by atoms with Crippen LogP contribution in [0.5, 0.6) is 0 Å². The summed E-state index contributed by atoms with van der Waals surface area (Å²) in [5.41, 5.74) is 0.891. The van der Waals surface area contributed by atoms with Crippen LogP contribution in [-0.2, 0) is 14.6 Å². The molecule has 1 aliphatic rings. The average Bonchev–Trinajstić information content (AvgIpc) is 2.76. The van der Waals surface area contributed by atoms with Crippen molar-refractivity contribution < 1.29 is 13.2 Å². The summed E-state index contributed by atoms with van der Waals surface area (Å²) in [6.45, 7) is 0. The number of rotatable bonds is 6. The van der Waals surface area contributed by atoms with Crippen molar-refractivity contribution in [3.05, 3.63) is 35.9 Å². The van der Waals surface area contributed by atoms with Gasteiger partial charge in [0.15, 0.2) is 0 Å². The van der Waals surface area contributed by atoms with Gasteiger partial charge in [0.1, 0.15) is 9.84 Å². The number of benzene rings is 1. The van der Waals surface area contributed by atoms with Crippen molar-refractivity contribution in [3.8, 4) is 0 Å². The molecule has 1 aliphatic carbocycles. The molecule has 1 aromatic carbocycles. The number of carbonyl (C=O) groups is 1. The Bertz CT molecular complexity index is 590. The first-order valence-electron chi connectivity index (χ1n) is 8.49. The van der Waals surface area contributed by atoms with Crippen LogP contribution in [0.3, 0.4) is 0 Å². The maximum absolute atomic E-state index is 12.7. The van der Waals surface area contributed by atoms with Gasteiger partial charge in [-0.25, -0.2) is 8.42 Å². The third kappa shape index (κ3) is 6.34. The number of hydrogen-bond acceptors (Lipinski definition) is 3. The second-order valence-corrected chi connectivity index (χ2v) is 8.84. The van der Waals surface area contributed by atoms with Gasteiger partial charge in [-0.1, -0.05) is 56.0 Å². The Morgan fingerprint density at radius 1 is 1.13 bits per heavy atom. The van der Waals surface area contributed by atoms with Crippen LogP contribution in [0.2, 0.25) is 0 Å². The molecule has 128 valence electrons. The molecule has 1 atom stereocenters. The van der Waals surface area contributed by atoms with Gasteiger partial charge in [-0.2, -0.15) is 0 Å². The van der Waals surface area contributed by atoms with Gasteiger partial charge in [-0.15, -0.1) is 0 Å². The van der Waals surface area contributed by atoms with Crippen molar-refractivity contribution in [2.75, 3.05) is 12.0 Å². The predicted octanol–water partition coefficient (Wildman–Crippen LogP) is 3.04. The molecule has 0 aromatic heterocycles. The fraction of sp³-hybridized carbons (Fsp3) is 0.611. The van der Waals surface area contributed by atoms with Crippen molar-refractivity contribution in [2.45, 2.75) is 56.9 Å². The number of carbonyl (C=O) groups excluding carboxylic acids is 1. The Labute approximate surface area is 139 Å². The van der Waals surface area contributed by atoms with Gasteiger partial charge in [0, 0.05) is 12.3 Å². The maximum atomic E-state index is 12.7. The van der Waals surface area contributed by atoms with Gasteiger partial charge in [0.25, 0.3) is 0 Å². The first kappa shape index (κ1) is 18.0. The van der Waals surface area contributed by atoms with E-state index >= 15 is 0 Å². The summed E-state index contributed by atoms with van der Waals surface area (Å²) in [7, 11) is -3.08. The van der Waals surface area contributed by atoms with Crippen molar-refractivity contribution in [2.24, 2.45) is 0 Å². The van der Waals surface area contributed by atoms with Crippen molar-refractivity contribution in [1.29, 1.82) is 0 Å². The molecule has 0 aliphatic heterocycles. The number of amides is 1. The Balaban J connectivity index is 2.07. The van der Waals surface area contributed by atoms with E-state index in [0.717, 1.165) is 31.2 Å². The molecular weight excluding hydrogens is 310 g/mol. The van der Waals surface area contributed by atoms with Crippen molar-refractivity contribution >= 4 is 15.7 Å². The predicted molar refractivity (Wildman–Crippen MR) is 93.1 cm³/mol. The monoisotopic (exact) mass is 337 g/mol. The highest BCUT2D eigenvalue weighted by atomic mass is 32.2. The largest absolute Gasteiger partial charge is 0.353 e. The smallest absolute Gasteiger partial charge is 0.227 e. The molecule has 1 N–H and O–H groups in total. The van der Waals surface area contributed by atoms with Gasteiger partial charge in [0.2, 0.25) is 5.91 Å². The Hall–Kier alpha value is -1.36. The van der Waals surface area contributed by atoms with Gasteiger partial charge in [0.05, 0.1) is 11.7 Å². The molecule has 1 saturated carbocycles. The van der Waals surface area contributed by atoms with Gasteiger partial charge < -0.3 is 5.32 Å². The van der Waals surface area contributed by atoms with Crippen LogP contribution in [0, 0.1) is 0 Å². The van der Waals surface area contributed by atoms with Crippen LogP contribution >= 0.6 is 0 Å². The van der Waals surface area contributed by atoms with Crippen LogP contribution in [0.1, 0.15) is 56.4 Å². The molecule has 2 rings (SSSR count). The summed E-state index contributed by atoms with van der Waals surface area (Å²) in [5, 5.41) is 3.16. The van der Waals surface area contributed by atoms with Gasteiger partial charge >= 0.3 is 0 Å². The summed E-state index contributed by atoms with van der Waals surface area (Å²) in [5.74, 6) is -0.397. The Morgan fingerprint density at radius 3 is 2.30 bits per heavy atom. The van der Waals surface area contributed by atoms with Gasteiger partial charge in [-0.3, -0.25) is 4.79 Å². The molecule has 23 heavy (non-hydrogen) atoms. The summed E-state index contributed by atoms with van der Waals surface area (Å²) >= 11 is 0. The fourth-order valence-electron chi connectivity index (χ4n) is 3.19. The van der Waals surface area contributed by atoms with E-state index in [0.29, 0.717) is 6.42 Å². The molecular formula is C18H27NO3S. The highest BCUT2D eigenvalue weighted by molar-refractivity contribution is 7.90. The zero-order valence-electron chi connectivity index (χ0n) is 13.8. The lowest BCUT2D eigenvalue weighted by molar-refractivity contribution is -0.123. The molecule has 1 fully saturated rings. The zero-order chi connectivity index (χ0) is 16.7. The third-order valence-corrected chi connectivity index (χ3v) is 5.47. The highest BCUT2D eigenvalue weighted by Gasteiger charge is 2.24. The number of sulfone groups is 1. The second kappa shape index (κ2) is 8.48. The SMILES string of the molecule is CS(=O)(=O)CC[C@@H](C(=O)NC1CCCCCC1)c1ccccc1. The highest BCUT2D eigenvalue weighted by Crippen LogP contribution is 2.23. The molecule has 0 heterocycles. The molecule has 0 bridgehead atoms. The summed E-state index contributed by atoms with van der Waals surface area (Å²) in [4.78, 5) is 12.7. The summed E-state index contributed by atoms with van der Waals surface area (Å²) < 4.78 is 23.0. The van der Waals surface area contributed by atoms with Crippen LogP contribution in [0.25, 0.3) is 0 Å². The second-order valence-electron chi connectivity index (χ2n) is 6.58. The van der Waals surface area contributed by atoms with E-state index in [1.165, 1.54) is 19.1 Å². The Kier molecular flexibility index (Phi) is 6.63. The lowest BCUT2D eigenvalue weighted by Gasteiger charge is -2.22. The Morgan fingerprint density at radius 2 is 1.74 bits per heavy atom. The molecule has 1 aromatic rings. The maximum Gasteiger partial charge on any atom is 0.227 e. The molecule has 5 heteroatoms. The summed E-state index contributed by atoms with van der Waals surface area (Å²) in [6.07, 6.45) is 8.40. The van der Waals surface area contributed by atoms with Crippen molar-refractivity contribution in [1.82, 2.24) is 5.32 Å². The zero-order valence-corrected chi connectivity index (χ0v) is 14.6. The van der Waals surface area contributed by atoms with Crippen LogP contribution in [0.4, 0.5) is 0 Å². The minimum Gasteiger partial charge on any atom is -0.353 e. The van der Waals surface area contributed by atoms with Crippen LogP contribution in [-0.4, -0.2) is 32.4 Å². The average molecular weight is 337 g/mol. The topological polar surface area (TPSA) is 63.2 Å². The standard InChI is InChI=1S/C18H27NO3S/c1-23(21,22)14-13-17(15-9-5-4-6-10-15)18(20)19-16-11-7-2-3-8-12-16/h4-6,9-10,16-17H,2-3,7-8,11-14H2,1H3,(H,19,20)/t17-/m1/s1. The molecule has 1 amide bonds. The van der Waals surface area contributed by atoms with E-state index in [1.807, 2.05) is 30.3 Å². The summed E-state index contributed by atoms with van der Waals surface area (Å²) in [6, 6.07) is 9.72. The first-order chi connectivity index (χ1) is 11.0. The normalized spacial score (nSPS) is 18.1. The van der Waals surface area contributed by atoms with E-state index in [2.05, 4.69) is 5.32 Å².